The van der Waals surface area contributed by atoms with Crippen LogP contribution >= 0.6 is 11.8 Å². The molecule has 0 aliphatic rings. The molecule has 0 aliphatic carbocycles. The summed E-state index contributed by atoms with van der Waals surface area (Å²) in [6.45, 7) is 9.68. The van der Waals surface area contributed by atoms with Crippen LogP contribution in [0.15, 0.2) is 23.1 Å². The van der Waals surface area contributed by atoms with E-state index in [9.17, 15) is 0 Å². The fourth-order valence-electron chi connectivity index (χ4n) is 2.07. The molecule has 2 N–H and O–H groups in total. The maximum atomic E-state index is 5.93. The summed E-state index contributed by atoms with van der Waals surface area (Å²) in [7, 11) is 2.16. The summed E-state index contributed by atoms with van der Waals surface area (Å²) in [5, 5.41) is 0. The van der Waals surface area contributed by atoms with Crippen molar-refractivity contribution in [1.82, 2.24) is 0 Å². The Morgan fingerprint density at radius 2 is 1.94 bits per heavy atom. The molecule has 0 spiro atoms. The largest absolute Gasteiger partial charge is 0.371 e. The molecule has 0 fully saturated rings. The Bertz CT molecular complexity index is 396. The first-order chi connectivity index (χ1) is 8.32. The van der Waals surface area contributed by atoms with E-state index in [0.29, 0.717) is 12.6 Å². The van der Waals surface area contributed by atoms with Gasteiger partial charge < -0.3 is 10.6 Å². The first kappa shape index (κ1) is 15.4. The second-order valence-electron chi connectivity index (χ2n) is 5.81. The van der Waals surface area contributed by atoms with Gasteiger partial charge in [-0.1, -0.05) is 26.8 Å². The number of anilines is 1. The lowest BCUT2D eigenvalue weighted by Crippen LogP contribution is -2.40. The van der Waals surface area contributed by atoms with Crippen LogP contribution < -0.4 is 10.6 Å². The molecular formula is C15H26N2S. The molecule has 102 valence electrons. The zero-order valence-electron chi connectivity index (χ0n) is 12.4. The minimum atomic E-state index is 0.246. The molecule has 3 heteroatoms. The molecule has 0 aliphatic heterocycles. The Labute approximate surface area is 116 Å². The third-order valence-corrected chi connectivity index (χ3v) is 4.57. The molecule has 0 heterocycles. The molecule has 18 heavy (non-hydrogen) atoms. The van der Waals surface area contributed by atoms with Crippen LogP contribution in [0.2, 0.25) is 0 Å². The number of benzene rings is 1. The van der Waals surface area contributed by atoms with Gasteiger partial charge in [-0.05, 0) is 30.7 Å². The summed E-state index contributed by atoms with van der Waals surface area (Å²) in [5.41, 5.74) is 8.69. The van der Waals surface area contributed by atoms with Gasteiger partial charge in [-0.15, -0.1) is 11.8 Å². The lowest BCUT2D eigenvalue weighted by atomic mass is 9.86. The number of thioether (sulfide) groups is 1. The van der Waals surface area contributed by atoms with Crippen LogP contribution in [0, 0.1) is 5.41 Å². The maximum absolute atomic E-state index is 5.93. The molecule has 2 nitrogen and oxygen atoms in total. The predicted molar refractivity (Wildman–Crippen MR) is 83.4 cm³/mol. The minimum absolute atomic E-state index is 0.246. The van der Waals surface area contributed by atoms with Crippen molar-refractivity contribution in [2.75, 3.05) is 18.2 Å². The highest BCUT2D eigenvalue weighted by atomic mass is 32.2. The second-order valence-corrected chi connectivity index (χ2v) is 6.66. The number of nitrogens with zero attached hydrogens (tertiary/aromatic N) is 1. The van der Waals surface area contributed by atoms with E-state index in [2.05, 4.69) is 64.1 Å². The van der Waals surface area contributed by atoms with Crippen molar-refractivity contribution in [3.63, 3.8) is 0 Å². The summed E-state index contributed by atoms with van der Waals surface area (Å²) < 4.78 is 0. The van der Waals surface area contributed by atoms with Crippen LogP contribution in [-0.4, -0.2) is 19.3 Å². The molecular weight excluding hydrogens is 240 g/mol. The van der Waals surface area contributed by atoms with Crippen LogP contribution in [0.1, 0.15) is 33.3 Å². The van der Waals surface area contributed by atoms with Crippen molar-refractivity contribution in [2.45, 2.75) is 45.2 Å². The second kappa shape index (κ2) is 5.98. The van der Waals surface area contributed by atoms with E-state index < -0.39 is 0 Å². The molecule has 1 aromatic carbocycles. The Morgan fingerprint density at radius 1 is 1.33 bits per heavy atom. The van der Waals surface area contributed by atoms with Crippen LogP contribution in [0.5, 0.6) is 0 Å². The van der Waals surface area contributed by atoms with Gasteiger partial charge in [0.2, 0.25) is 0 Å². The third-order valence-electron chi connectivity index (χ3n) is 3.75. The first-order valence-corrected chi connectivity index (χ1v) is 7.64. The SMILES string of the molecule is CSc1cccc(N(C)C(C)C(C)(C)C)c1CN. The van der Waals surface area contributed by atoms with Gasteiger partial charge in [0.1, 0.15) is 0 Å². The van der Waals surface area contributed by atoms with E-state index in [1.807, 2.05) is 0 Å². The molecule has 0 saturated carbocycles. The molecule has 0 radical (unpaired) electrons. The first-order valence-electron chi connectivity index (χ1n) is 6.41. The normalized spacial score (nSPS) is 13.5. The van der Waals surface area contributed by atoms with Crippen molar-refractivity contribution in [2.24, 2.45) is 11.1 Å². The average Bonchev–Trinajstić information content (AvgIpc) is 2.34. The van der Waals surface area contributed by atoms with Crippen molar-refractivity contribution >= 4 is 17.4 Å². The van der Waals surface area contributed by atoms with Crippen molar-refractivity contribution in [3.8, 4) is 0 Å². The van der Waals surface area contributed by atoms with Crippen molar-refractivity contribution in [1.29, 1.82) is 0 Å². The topological polar surface area (TPSA) is 29.3 Å². The highest BCUT2D eigenvalue weighted by Crippen LogP contribution is 2.33. The third kappa shape index (κ3) is 3.21. The number of nitrogens with two attached hydrogens (primary N) is 1. The Balaban J connectivity index is 3.17. The lowest BCUT2D eigenvalue weighted by molar-refractivity contribution is 0.329. The van der Waals surface area contributed by atoms with Gasteiger partial charge in [0, 0.05) is 35.8 Å². The van der Waals surface area contributed by atoms with Gasteiger partial charge >= 0.3 is 0 Å². The van der Waals surface area contributed by atoms with E-state index >= 15 is 0 Å². The summed E-state index contributed by atoms with van der Waals surface area (Å²) in [4.78, 5) is 3.63. The van der Waals surface area contributed by atoms with E-state index in [1.54, 1.807) is 11.8 Å². The summed E-state index contributed by atoms with van der Waals surface area (Å²) in [5.74, 6) is 0. The highest BCUT2D eigenvalue weighted by Gasteiger charge is 2.25. The van der Waals surface area contributed by atoms with Crippen LogP contribution in [0.4, 0.5) is 5.69 Å². The maximum Gasteiger partial charge on any atom is 0.0423 e. The molecule has 1 aromatic rings. The number of rotatable bonds is 4. The van der Waals surface area contributed by atoms with E-state index in [0.717, 1.165) is 0 Å². The summed E-state index contributed by atoms with van der Waals surface area (Å²) in [6, 6.07) is 6.89. The van der Waals surface area contributed by atoms with Gasteiger partial charge in [0.05, 0.1) is 0 Å². The lowest BCUT2D eigenvalue weighted by Gasteiger charge is -2.38. The zero-order chi connectivity index (χ0) is 13.9. The molecule has 0 aromatic heterocycles. The monoisotopic (exact) mass is 266 g/mol. The van der Waals surface area contributed by atoms with Gasteiger partial charge in [0.25, 0.3) is 0 Å². The fraction of sp³-hybridized carbons (Fsp3) is 0.600. The minimum Gasteiger partial charge on any atom is -0.371 e. The van der Waals surface area contributed by atoms with Crippen LogP contribution in [0.25, 0.3) is 0 Å². The van der Waals surface area contributed by atoms with Gasteiger partial charge in [-0.25, -0.2) is 0 Å². The van der Waals surface area contributed by atoms with E-state index in [1.165, 1.54) is 16.1 Å². The van der Waals surface area contributed by atoms with Crippen LogP contribution in [0.3, 0.4) is 0 Å². The number of hydrogen-bond donors (Lipinski definition) is 1. The molecule has 1 rings (SSSR count). The van der Waals surface area contributed by atoms with E-state index in [4.69, 9.17) is 5.73 Å². The average molecular weight is 266 g/mol. The quantitative estimate of drug-likeness (QED) is 0.842. The molecule has 0 bridgehead atoms. The van der Waals surface area contributed by atoms with Gasteiger partial charge in [-0.2, -0.15) is 0 Å². The summed E-state index contributed by atoms with van der Waals surface area (Å²) >= 11 is 1.76. The van der Waals surface area contributed by atoms with Crippen molar-refractivity contribution < 1.29 is 0 Å². The fourth-order valence-corrected chi connectivity index (χ4v) is 2.72. The smallest absolute Gasteiger partial charge is 0.0423 e. The van der Waals surface area contributed by atoms with E-state index in [-0.39, 0.29) is 5.41 Å². The Morgan fingerprint density at radius 3 is 2.39 bits per heavy atom. The Hall–Kier alpha value is -0.670. The predicted octanol–water partition coefficient (Wildman–Crippen LogP) is 3.74. The van der Waals surface area contributed by atoms with Crippen molar-refractivity contribution in [3.05, 3.63) is 23.8 Å². The molecule has 0 amide bonds. The molecule has 1 atom stereocenters. The Kier molecular flexibility index (Phi) is 5.11. The van der Waals surface area contributed by atoms with Crippen LogP contribution in [-0.2, 0) is 6.54 Å². The zero-order valence-corrected chi connectivity index (χ0v) is 13.3. The van der Waals surface area contributed by atoms with Gasteiger partial charge in [0.15, 0.2) is 0 Å². The number of hydrogen-bond acceptors (Lipinski definition) is 3. The molecule has 1 unspecified atom stereocenters. The van der Waals surface area contributed by atoms with Gasteiger partial charge in [-0.3, -0.25) is 0 Å². The summed E-state index contributed by atoms with van der Waals surface area (Å²) in [6.07, 6.45) is 2.10. The highest BCUT2D eigenvalue weighted by molar-refractivity contribution is 7.98. The molecule has 0 saturated heterocycles. The standard InChI is InChI=1S/C15H26N2S/c1-11(15(2,3)4)17(5)13-8-7-9-14(18-6)12(13)10-16/h7-9,11H,10,16H2,1-6H3.